The Labute approximate surface area is 105 Å². The largest absolute Gasteiger partial charge is 0.480 e. The summed E-state index contributed by atoms with van der Waals surface area (Å²) >= 11 is 0. The maximum atomic E-state index is 11.5. The third-order valence-corrected chi connectivity index (χ3v) is 2.10. The van der Waals surface area contributed by atoms with Crippen molar-refractivity contribution in [2.24, 2.45) is 5.73 Å². The Morgan fingerprint density at radius 2 is 1.83 bits per heavy atom. The Balaban J connectivity index is 4.50. The first-order valence-electron chi connectivity index (χ1n) is 5.33. The van der Waals surface area contributed by atoms with Gasteiger partial charge < -0.3 is 26.6 Å². The SMILES string of the molecule is C[C@@H](O)[C@H](NC(=O)NC(C)(C)CC(N)=O)C(=O)O. The number of carbonyl (C=O) groups is 3. The molecule has 0 heterocycles. The molecule has 0 aromatic heterocycles. The average Bonchev–Trinajstić information content (AvgIpc) is 2.09. The number of carbonyl (C=O) groups excluding carboxylic acids is 2. The van der Waals surface area contributed by atoms with Crippen LogP contribution in [0.4, 0.5) is 4.79 Å². The van der Waals surface area contributed by atoms with Gasteiger partial charge >= 0.3 is 12.0 Å². The zero-order valence-electron chi connectivity index (χ0n) is 10.6. The van der Waals surface area contributed by atoms with Gasteiger partial charge in [-0.3, -0.25) is 4.79 Å². The molecule has 8 nitrogen and oxygen atoms in total. The van der Waals surface area contributed by atoms with E-state index in [0.29, 0.717) is 0 Å². The molecule has 0 spiro atoms. The van der Waals surface area contributed by atoms with E-state index in [1.54, 1.807) is 13.8 Å². The van der Waals surface area contributed by atoms with Gasteiger partial charge in [0.1, 0.15) is 0 Å². The van der Waals surface area contributed by atoms with E-state index in [1.165, 1.54) is 6.92 Å². The number of amides is 3. The van der Waals surface area contributed by atoms with Gasteiger partial charge in [0.05, 0.1) is 6.10 Å². The van der Waals surface area contributed by atoms with Crippen LogP contribution in [0, 0.1) is 0 Å². The van der Waals surface area contributed by atoms with Crippen LogP contribution in [0.25, 0.3) is 0 Å². The minimum Gasteiger partial charge on any atom is -0.480 e. The first-order valence-corrected chi connectivity index (χ1v) is 5.33. The van der Waals surface area contributed by atoms with E-state index in [1.807, 2.05) is 0 Å². The van der Waals surface area contributed by atoms with Crippen molar-refractivity contribution in [2.45, 2.75) is 44.9 Å². The van der Waals surface area contributed by atoms with Gasteiger partial charge in [0, 0.05) is 12.0 Å². The van der Waals surface area contributed by atoms with Crippen molar-refractivity contribution in [1.82, 2.24) is 10.6 Å². The highest BCUT2D eigenvalue weighted by molar-refractivity contribution is 5.84. The van der Waals surface area contributed by atoms with Gasteiger partial charge in [-0.2, -0.15) is 0 Å². The standard InChI is InChI=1S/C10H19N3O5/c1-5(14)7(8(16)17)12-9(18)13-10(2,3)4-6(11)15/h5,7,14H,4H2,1-3H3,(H2,11,15)(H,16,17)(H2,12,13,18)/t5-,7+/m1/s1. The van der Waals surface area contributed by atoms with Gasteiger partial charge in [0.25, 0.3) is 0 Å². The second-order valence-electron chi connectivity index (χ2n) is 4.68. The van der Waals surface area contributed by atoms with E-state index in [-0.39, 0.29) is 6.42 Å². The summed E-state index contributed by atoms with van der Waals surface area (Å²) in [4.78, 5) is 33.0. The lowest BCUT2D eigenvalue weighted by Crippen LogP contribution is -2.56. The van der Waals surface area contributed by atoms with E-state index in [9.17, 15) is 19.5 Å². The molecule has 0 radical (unpaired) electrons. The van der Waals surface area contributed by atoms with Crippen LogP contribution < -0.4 is 16.4 Å². The molecular weight excluding hydrogens is 242 g/mol. The second kappa shape index (κ2) is 6.20. The Morgan fingerprint density at radius 3 is 2.17 bits per heavy atom. The number of urea groups is 1. The molecule has 0 bridgehead atoms. The maximum absolute atomic E-state index is 11.5. The van der Waals surface area contributed by atoms with E-state index >= 15 is 0 Å². The molecule has 0 aliphatic carbocycles. The molecular formula is C10H19N3O5. The van der Waals surface area contributed by atoms with Crippen LogP contribution in [0.3, 0.4) is 0 Å². The van der Waals surface area contributed by atoms with Crippen LogP contribution in [0.15, 0.2) is 0 Å². The number of hydrogen-bond acceptors (Lipinski definition) is 4. The normalized spacial score (nSPS) is 14.4. The fraction of sp³-hybridized carbons (Fsp3) is 0.700. The molecule has 104 valence electrons. The molecule has 0 aliphatic heterocycles. The van der Waals surface area contributed by atoms with Crippen LogP contribution in [-0.4, -0.2) is 45.8 Å². The predicted octanol–water partition coefficient (Wildman–Crippen LogP) is -1.23. The highest BCUT2D eigenvalue weighted by Crippen LogP contribution is 2.07. The Kier molecular flexibility index (Phi) is 5.57. The van der Waals surface area contributed by atoms with Crippen LogP contribution in [-0.2, 0) is 9.59 Å². The van der Waals surface area contributed by atoms with Crippen molar-refractivity contribution < 1.29 is 24.6 Å². The summed E-state index contributed by atoms with van der Waals surface area (Å²) < 4.78 is 0. The summed E-state index contributed by atoms with van der Waals surface area (Å²) in [6.45, 7) is 4.37. The Hall–Kier alpha value is -1.83. The molecule has 0 rings (SSSR count). The van der Waals surface area contributed by atoms with Crippen molar-refractivity contribution in [3.8, 4) is 0 Å². The number of carboxylic acid groups (broad SMARTS) is 1. The number of aliphatic carboxylic acids is 1. The topological polar surface area (TPSA) is 142 Å². The van der Waals surface area contributed by atoms with Crippen molar-refractivity contribution >= 4 is 17.9 Å². The van der Waals surface area contributed by atoms with Crippen LogP contribution in [0.5, 0.6) is 0 Å². The van der Waals surface area contributed by atoms with E-state index in [4.69, 9.17) is 10.8 Å². The maximum Gasteiger partial charge on any atom is 0.328 e. The van der Waals surface area contributed by atoms with Crippen molar-refractivity contribution in [2.75, 3.05) is 0 Å². The zero-order chi connectivity index (χ0) is 14.5. The summed E-state index contributed by atoms with van der Waals surface area (Å²) in [7, 11) is 0. The number of primary amides is 1. The lowest BCUT2D eigenvalue weighted by molar-refractivity contribution is -0.141. The number of carboxylic acids is 1. The third kappa shape index (κ3) is 6.04. The van der Waals surface area contributed by atoms with Crippen molar-refractivity contribution in [1.29, 1.82) is 0 Å². The molecule has 0 aromatic rings. The number of aliphatic hydroxyl groups is 1. The third-order valence-electron chi connectivity index (χ3n) is 2.10. The van der Waals surface area contributed by atoms with Crippen molar-refractivity contribution in [3.05, 3.63) is 0 Å². The van der Waals surface area contributed by atoms with Gasteiger partial charge in [0.2, 0.25) is 5.91 Å². The van der Waals surface area contributed by atoms with Crippen LogP contribution >= 0.6 is 0 Å². The molecule has 0 unspecified atom stereocenters. The van der Waals surface area contributed by atoms with Gasteiger partial charge in [-0.1, -0.05) is 0 Å². The van der Waals surface area contributed by atoms with Crippen LogP contribution in [0.2, 0.25) is 0 Å². The molecule has 0 fully saturated rings. The Morgan fingerprint density at radius 1 is 1.33 bits per heavy atom. The smallest absolute Gasteiger partial charge is 0.328 e. The number of nitrogens with one attached hydrogen (secondary N) is 2. The van der Waals surface area contributed by atoms with Crippen molar-refractivity contribution in [3.63, 3.8) is 0 Å². The molecule has 18 heavy (non-hydrogen) atoms. The zero-order valence-corrected chi connectivity index (χ0v) is 10.6. The highest BCUT2D eigenvalue weighted by Gasteiger charge is 2.28. The predicted molar refractivity (Wildman–Crippen MR) is 62.7 cm³/mol. The molecule has 0 aromatic carbocycles. The average molecular weight is 261 g/mol. The van der Waals surface area contributed by atoms with Gasteiger partial charge in [-0.25, -0.2) is 9.59 Å². The van der Waals surface area contributed by atoms with E-state index < -0.39 is 35.6 Å². The number of nitrogens with two attached hydrogens (primary N) is 1. The summed E-state index contributed by atoms with van der Waals surface area (Å²) in [5.41, 5.74) is 4.10. The monoisotopic (exact) mass is 261 g/mol. The molecule has 2 atom stereocenters. The highest BCUT2D eigenvalue weighted by atomic mass is 16.4. The molecule has 8 heteroatoms. The summed E-state index contributed by atoms with van der Waals surface area (Å²) in [5, 5.41) is 22.4. The van der Waals surface area contributed by atoms with Crippen LogP contribution in [0.1, 0.15) is 27.2 Å². The first-order chi connectivity index (χ1) is 8.05. The lowest BCUT2D eigenvalue weighted by atomic mass is 10.0. The molecule has 6 N–H and O–H groups in total. The second-order valence-corrected chi connectivity index (χ2v) is 4.68. The Bertz CT molecular complexity index is 340. The van der Waals surface area contributed by atoms with Gasteiger partial charge in [-0.05, 0) is 20.8 Å². The first kappa shape index (κ1) is 16.2. The number of aliphatic hydroxyl groups excluding tert-OH is 1. The molecule has 0 saturated carbocycles. The lowest BCUT2D eigenvalue weighted by Gasteiger charge is -2.26. The molecule has 0 aliphatic rings. The number of hydrogen-bond donors (Lipinski definition) is 5. The summed E-state index contributed by atoms with van der Waals surface area (Å²) in [6.07, 6.45) is -1.33. The fourth-order valence-electron chi connectivity index (χ4n) is 1.35. The van der Waals surface area contributed by atoms with E-state index in [0.717, 1.165) is 0 Å². The quantitative estimate of drug-likeness (QED) is 0.407. The summed E-state index contributed by atoms with van der Waals surface area (Å²) in [5.74, 6) is -1.95. The molecule has 3 amide bonds. The summed E-state index contributed by atoms with van der Waals surface area (Å²) in [6, 6.07) is -2.22. The van der Waals surface area contributed by atoms with Gasteiger partial charge in [-0.15, -0.1) is 0 Å². The molecule has 0 saturated heterocycles. The fourth-order valence-corrected chi connectivity index (χ4v) is 1.35. The van der Waals surface area contributed by atoms with E-state index in [2.05, 4.69) is 10.6 Å². The minimum absolute atomic E-state index is 0.0904. The minimum atomic E-state index is -1.42. The van der Waals surface area contributed by atoms with Gasteiger partial charge in [0.15, 0.2) is 6.04 Å². The number of rotatable bonds is 6.